The fourth-order valence-corrected chi connectivity index (χ4v) is 2.08. The lowest BCUT2D eigenvalue weighted by atomic mass is 10.1. The van der Waals surface area contributed by atoms with Crippen molar-refractivity contribution >= 4 is 11.8 Å². The van der Waals surface area contributed by atoms with Gasteiger partial charge < -0.3 is 10.2 Å². The summed E-state index contributed by atoms with van der Waals surface area (Å²) in [5.41, 5.74) is 1.49. The summed E-state index contributed by atoms with van der Waals surface area (Å²) in [5.74, 6) is 0.282. The molecule has 0 bridgehead atoms. The number of benzene rings is 2. The minimum Gasteiger partial charge on any atom is -0.508 e. The van der Waals surface area contributed by atoms with Gasteiger partial charge in [-0.15, -0.1) is 0 Å². The van der Waals surface area contributed by atoms with E-state index >= 15 is 0 Å². The monoisotopic (exact) mass is 243 g/mol. The highest BCUT2D eigenvalue weighted by Crippen LogP contribution is 2.34. The Kier molecular flexibility index (Phi) is 3.22. The summed E-state index contributed by atoms with van der Waals surface area (Å²) in [4.78, 5) is 0.746. The Balaban J connectivity index is 2.57. The molecule has 2 N–H and O–H groups in total. The van der Waals surface area contributed by atoms with E-state index in [4.69, 9.17) is 5.26 Å². The van der Waals surface area contributed by atoms with Gasteiger partial charge in [0.2, 0.25) is 0 Å². The summed E-state index contributed by atoms with van der Waals surface area (Å²) in [5, 5.41) is 29.6. The minimum absolute atomic E-state index is 0.130. The van der Waals surface area contributed by atoms with E-state index in [0.717, 1.165) is 27.8 Å². The summed E-state index contributed by atoms with van der Waals surface area (Å²) in [7, 11) is 0. The van der Waals surface area contributed by atoms with E-state index in [1.807, 2.05) is 11.5 Å². The Labute approximate surface area is 103 Å². The number of aromatic hydroxyl groups is 2. The quantitative estimate of drug-likeness (QED) is 0.627. The van der Waals surface area contributed by atoms with Crippen LogP contribution in [0.25, 0.3) is 11.1 Å². The zero-order valence-electron chi connectivity index (χ0n) is 8.79. The Hall–Kier alpha value is -2.12. The number of thioether (sulfide) groups is 1. The van der Waals surface area contributed by atoms with Gasteiger partial charge in [-0.2, -0.15) is 5.26 Å². The first-order valence-corrected chi connectivity index (χ1v) is 5.70. The van der Waals surface area contributed by atoms with E-state index in [0.29, 0.717) is 0 Å². The first-order chi connectivity index (χ1) is 8.20. The van der Waals surface area contributed by atoms with Crippen molar-refractivity contribution in [3.05, 3.63) is 42.5 Å². The first-order valence-electron chi connectivity index (χ1n) is 4.89. The number of nitriles is 1. The smallest absolute Gasteiger partial charge is 0.138 e. The van der Waals surface area contributed by atoms with Crippen molar-refractivity contribution in [2.45, 2.75) is 4.90 Å². The van der Waals surface area contributed by atoms with Crippen LogP contribution in [0.3, 0.4) is 0 Å². The highest BCUT2D eigenvalue weighted by atomic mass is 32.2. The van der Waals surface area contributed by atoms with Crippen LogP contribution < -0.4 is 0 Å². The Bertz CT molecular complexity index is 590. The maximum Gasteiger partial charge on any atom is 0.138 e. The largest absolute Gasteiger partial charge is 0.508 e. The van der Waals surface area contributed by atoms with Crippen LogP contribution in [-0.4, -0.2) is 10.2 Å². The van der Waals surface area contributed by atoms with E-state index in [9.17, 15) is 10.2 Å². The molecule has 0 heterocycles. The molecule has 3 nitrogen and oxygen atoms in total. The molecule has 0 unspecified atom stereocenters. The fourth-order valence-electron chi connectivity index (χ4n) is 1.56. The summed E-state index contributed by atoms with van der Waals surface area (Å²) >= 11 is 1.02. The van der Waals surface area contributed by atoms with E-state index in [1.54, 1.807) is 30.3 Å². The molecule has 0 aliphatic carbocycles. The molecule has 0 fully saturated rings. The van der Waals surface area contributed by atoms with E-state index in [1.165, 1.54) is 6.07 Å². The molecule has 0 amide bonds. The standard InChI is InChI=1S/C13H9NO2S/c14-8-17-13-5-4-11(16)7-12(13)9-2-1-3-10(15)6-9/h1-7,15-16H. The maximum absolute atomic E-state index is 9.48. The summed E-state index contributed by atoms with van der Waals surface area (Å²) in [6.07, 6.45) is 0. The number of phenolic OH excluding ortho intramolecular Hbond substituents is 2. The highest BCUT2D eigenvalue weighted by Gasteiger charge is 2.07. The van der Waals surface area contributed by atoms with Gasteiger partial charge in [-0.25, -0.2) is 0 Å². The molecule has 2 aromatic carbocycles. The van der Waals surface area contributed by atoms with Crippen molar-refractivity contribution in [3.8, 4) is 28.0 Å². The van der Waals surface area contributed by atoms with Gasteiger partial charge >= 0.3 is 0 Å². The lowest BCUT2D eigenvalue weighted by molar-refractivity contribution is 0.474. The zero-order chi connectivity index (χ0) is 12.3. The highest BCUT2D eigenvalue weighted by molar-refractivity contribution is 8.03. The first kappa shape index (κ1) is 11.4. The SMILES string of the molecule is N#CSc1ccc(O)cc1-c1cccc(O)c1. The van der Waals surface area contributed by atoms with Gasteiger partial charge in [-0.05, 0) is 47.7 Å². The van der Waals surface area contributed by atoms with E-state index in [-0.39, 0.29) is 11.5 Å². The third-order valence-electron chi connectivity index (χ3n) is 2.28. The van der Waals surface area contributed by atoms with Crippen LogP contribution in [0.5, 0.6) is 11.5 Å². The molecule has 0 spiro atoms. The minimum atomic E-state index is 0.130. The van der Waals surface area contributed by atoms with Crippen LogP contribution in [0.1, 0.15) is 0 Å². The van der Waals surface area contributed by atoms with Crippen LogP contribution in [0.4, 0.5) is 0 Å². The van der Waals surface area contributed by atoms with Crippen LogP contribution in [0, 0.1) is 10.7 Å². The van der Waals surface area contributed by atoms with Crippen molar-refractivity contribution < 1.29 is 10.2 Å². The molecule has 0 aliphatic rings. The second kappa shape index (κ2) is 4.81. The number of thiocyanates is 1. The average Bonchev–Trinajstić information content (AvgIpc) is 2.32. The van der Waals surface area contributed by atoms with Crippen molar-refractivity contribution in [3.63, 3.8) is 0 Å². The van der Waals surface area contributed by atoms with Crippen molar-refractivity contribution in [2.75, 3.05) is 0 Å². The van der Waals surface area contributed by atoms with Gasteiger partial charge in [0.1, 0.15) is 16.9 Å². The normalized spacial score (nSPS) is 9.82. The summed E-state index contributed by atoms with van der Waals surface area (Å²) in [6.45, 7) is 0. The molecule has 0 radical (unpaired) electrons. The van der Waals surface area contributed by atoms with Gasteiger partial charge in [0.15, 0.2) is 0 Å². The Morgan fingerprint density at radius 2 is 1.76 bits per heavy atom. The molecular weight excluding hydrogens is 234 g/mol. The average molecular weight is 243 g/mol. The van der Waals surface area contributed by atoms with Crippen molar-refractivity contribution in [2.24, 2.45) is 0 Å². The maximum atomic E-state index is 9.48. The van der Waals surface area contributed by atoms with Gasteiger partial charge in [0.05, 0.1) is 0 Å². The molecule has 84 valence electrons. The molecule has 17 heavy (non-hydrogen) atoms. The molecule has 4 heteroatoms. The predicted octanol–water partition coefficient (Wildman–Crippen LogP) is 3.34. The van der Waals surface area contributed by atoms with E-state index < -0.39 is 0 Å². The van der Waals surface area contributed by atoms with Gasteiger partial charge in [0, 0.05) is 10.5 Å². The zero-order valence-corrected chi connectivity index (χ0v) is 9.61. The molecule has 0 aromatic heterocycles. The van der Waals surface area contributed by atoms with Gasteiger partial charge in [0.25, 0.3) is 0 Å². The topological polar surface area (TPSA) is 64.2 Å². The second-order valence-corrected chi connectivity index (χ2v) is 4.25. The number of rotatable bonds is 2. The van der Waals surface area contributed by atoms with Crippen LogP contribution in [0.2, 0.25) is 0 Å². The second-order valence-electron chi connectivity index (χ2n) is 3.42. The number of phenols is 2. The molecule has 2 aromatic rings. The number of nitrogens with zero attached hydrogens (tertiary/aromatic N) is 1. The van der Waals surface area contributed by atoms with Gasteiger partial charge in [-0.1, -0.05) is 12.1 Å². The molecule has 0 saturated carbocycles. The van der Waals surface area contributed by atoms with Crippen molar-refractivity contribution in [1.82, 2.24) is 0 Å². The number of hydrogen-bond donors (Lipinski definition) is 2. The molecular formula is C13H9NO2S. The summed E-state index contributed by atoms with van der Waals surface area (Å²) in [6, 6.07) is 11.5. The third-order valence-corrected chi connectivity index (χ3v) is 2.94. The fraction of sp³-hybridized carbons (Fsp3) is 0. The van der Waals surface area contributed by atoms with Crippen LogP contribution in [0.15, 0.2) is 47.4 Å². The van der Waals surface area contributed by atoms with Crippen LogP contribution >= 0.6 is 11.8 Å². The Morgan fingerprint density at radius 1 is 1.00 bits per heavy atom. The molecule has 0 saturated heterocycles. The Morgan fingerprint density at radius 3 is 2.47 bits per heavy atom. The molecule has 0 atom stereocenters. The predicted molar refractivity (Wildman–Crippen MR) is 66.7 cm³/mol. The summed E-state index contributed by atoms with van der Waals surface area (Å²) < 4.78 is 0. The third kappa shape index (κ3) is 2.52. The van der Waals surface area contributed by atoms with Crippen molar-refractivity contribution in [1.29, 1.82) is 5.26 Å². The molecule has 0 aliphatic heterocycles. The van der Waals surface area contributed by atoms with Crippen LogP contribution in [-0.2, 0) is 0 Å². The van der Waals surface area contributed by atoms with E-state index in [2.05, 4.69) is 0 Å². The molecule has 2 rings (SSSR count). The lowest BCUT2D eigenvalue weighted by Gasteiger charge is -2.07. The van der Waals surface area contributed by atoms with Gasteiger partial charge in [-0.3, -0.25) is 0 Å². The lowest BCUT2D eigenvalue weighted by Crippen LogP contribution is -1.81. The number of hydrogen-bond acceptors (Lipinski definition) is 4.